The van der Waals surface area contributed by atoms with Crippen molar-refractivity contribution in [1.82, 2.24) is 9.88 Å². The topological polar surface area (TPSA) is 62.3 Å². The van der Waals surface area contributed by atoms with Crippen LogP contribution in [0.25, 0.3) is 0 Å². The Bertz CT molecular complexity index is 568. The van der Waals surface area contributed by atoms with E-state index in [0.29, 0.717) is 17.5 Å². The van der Waals surface area contributed by atoms with Gasteiger partial charge in [-0.15, -0.1) is 11.3 Å². The minimum atomic E-state index is -0.0825. The standard InChI is InChI=1S/C17H27N3O2S/c1-10(2)16(22)19-17-18-14(9-23-17)7-15(21)20(11(3)4)8-13-6-12(13)5/h9-13H,6-8H2,1-5H3,(H,18,19,22)/t12-,13+/m1/s1. The average molecular weight is 337 g/mol. The summed E-state index contributed by atoms with van der Waals surface area (Å²) in [5.41, 5.74) is 0.730. The summed E-state index contributed by atoms with van der Waals surface area (Å²) in [7, 11) is 0. The van der Waals surface area contributed by atoms with Crippen molar-refractivity contribution in [3.05, 3.63) is 11.1 Å². The summed E-state index contributed by atoms with van der Waals surface area (Å²) in [6.45, 7) is 10.9. The van der Waals surface area contributed by atoms with Gasteiger partial charge in [0.05, 0.1) is 12.1 Å². The summed E-state index contributed by atoms with van der Waals surface area (Å²) in [6.07, 6.45) is 1.52. The number of nitrogens with one attached hydrogen (secondary N) is 1. The fraction of sp³-hybridized carbons (Fsp3) is 0.706. The summed E-state index contributed by atoms with van der Waals surface area (Å²) >= 11 is 1.37. The van der Waals surface area contributed by atoms with E-state index < -0.39 is 0 Å². The predicted molar refractivity (Wildman–Crippen MR) is 93.4 cm³/mol. The molecule has 5 nitrogen and oxygen atoms in total. The normalized spacial score (nSPS) is 20.0. The molecule has 0 radical (unpaired) electrons. The van der Waals surface area contributed by atoms with Gasteiger partial charge in [0, 0.05) is 23.9 Å². The molecule has 23 heavy (non-hydrogen) atoms. The lowest BCUT2D eigenvalue weighted by atomic mass is 10.2. The van der Waals surface area contributed by atoms with E-state index in [2.05, 4.69) is 31.1 Å². The highest BCUT2D eigenvalue weighted by atomic mass is 32.1. The van der Waals surface area contributed by atoms with Crippen molar-refractivity contribution in [3.8, 4) is 0 Å². The molecule has 1 fully saturated rings. The van der Waals surface area contributed by atoms with Gasteiger partial charge < -0.3 is 10.2 Å². The fourth-order valence-corrected chi connectivity index (χ4v) is 3.17. The van der Waals surface area contributed by atoms with Crippen LogP contribution in [-0.4, -0.2) is 34.3 Å². The molecule has 1 N–H and O–H groups in total. The van der Waals surface area contributed by atoms with Crippen LogP contribution in [0.5, 0.6) is 0 Å². The van der Waals surface area contributed by atoms with Crippen molar-refractivity contribution in [2.75, 3.05) is 11.9 Å². The van der Waals surface area contributed by atoms with Crippen LogP contribution in [0.1, 0.15) is 46.7 Å². The molecule has 0 spiro atoms. The van der Waals surface area contributed by atoms with Crippen molar-refractivity contribution < 1.29 is 9.59 Å². The number of aromatic nitrogens is 1. The Kier molecular flexibility index (Phi) is 5.79. The van der Waals surface area contributed by atoms with Gasteiger partial charge in [0.1, 0.15) is 0 Å². The molecule has 0 aromatic carbocycles. The molecular weight excluding hydrogens is 310 g/mol. The number of nitrogens with zero attached hydrogens (tertiary/aromatic N) is 2. The minimum absolute atomic E-state index is 0.0521. The molecule has 1 saturated carbocycles. The van der Waals surface area contributed by atoms with E-state index >= 15 is 0 Å². The Morgan fingerprint density at radius 2 is 2.04 bits per heavy atom. The highest BCUT2D eigenvalue weighted by Gasteiger charge is 2.35. The number of amides is 2. The summed E-state index contributed by atoms with van der Waals surface area (Å²) in [6, 6.07) is 0.203. The zero-order valence-electron chi connectivity index (χ0n) is 14.6. The lowest BCUT2D eigenvalue weighted by Crippen LogP contribution is -2.39. The molecule has 0 bridgehead atoms. The molecule has 2 amide bonds. The van der Waals surface area contributed by atoms with Crippen LogP contribution >= 0.6 is 11.3 Å². The van der Waals surface area contributed by atoms with E-state index in [1.165, 1.54) is 17.8 Å². The van der Waals surface area contributed by atoms with Crippen LogP contribution in [0.15, 0.2) is 5.38 Å². The number of thiazole rings is 1. The number of hydrogen-bond acceptors (Lipinski definition) is 4. The molecular formula is C17H27N3O2S. The van der Waals surface area contributed by atoms with Crippen LogP contribution in [0.3, 0.4) is 0 Å². The summed E-state index contributed by atoms with van der Waals surface area (Å²) in [5.74, 6) is 1.37. The van der Waals surface area contributed by atoms with Gasteiger partial charge in [-0.1, -0.05) is 20.8 Å². The molecule has 2 atom stereocenters. The van der Waals surface area contributed by atoms with E-state index in [4.69, 9.17) is 0 Å². The fourth-order valence-electron chi connectivity index (χ4n) is 2.46. The maximum atomic E-state index is 12.6. The van der Waals surface area contributed by atoms with Crippen LogP contribution in [0.2, 0.25) is 0 Å². The third kappa shape index (κ3) is 5.03. The molecule has 0 saturated heterocycles. The van der Waals surface area contributed by atoms with Crippen molar-refractivity contribution in [2.45, 2.75) is 53.5 Å². The number of carbonyl (C=O) groups is 2. The Labute approximate surface area is 142 Å². The van der Waals surface area contributed by atoms with Crippen LogP contribution in [0, 0.1) is 17.8 Å². The Balaban J connectivity index is 1.93. The molecule has 0 unspecified atom stereocenters. The number of anilines is 1. The van der Waals surface area contributed by atoms with E-state index in [1.54, 1.807) is 0 Å². The number of rotatable bonds is 7. The van der Waals surface area contributed by atoms with Gasteiger partial charge in [-0.2, -0.15) is 0 Å². The van der Waals surface area contributed by atoms with Gasteiger partial charge in [-0.25, -0.2) is 4.98 Å². The van der Waals surface area contributed by atoms with E-state index in [0.717, 1.165) is 18.2 Å². The molecule has 6 heteroatoms. The molecule has 1 heterocycles. The van der Waals surface area contributed by atoms with Crippen LogP contribution in [0.4, 0.5) is 5.13 Å². The highest BCUT2D eigenvalue weighted by Crippen LogP contribution is 2.38. The predicted octanol–water partition coefficient (Wildman–Crippen LogP) is 3.17. The maximum Gasteiger partial charge on any atom is 0.228 e. The first kappa shape index (κ1) is 17.9. The Hall–Kier alpha value is -1.43. The van der Waals surface area contributed by atoms with Gasteiger partial charge in [0.25, 0.3) is 0 Å². The smallest absolute Gasteiger partial charge is 0.228 e. The molecule has 1 aromatic rings. The SMILES string of the molecule is CC(C)C(=O)Nc1nc(CC(=O)N(C[C@@H]2C[C@H]2C)C(C)C)cs1. The highest BCUT2D eigenvalue weighted by molar-refractivity contribution is 7.13. The first-order valence-electron chi connectivity index (χ1n) is 8.32. The largest absolute Gasteiger partial charge is 0.340 e. The number of carbonyl (C=O) groups excluding carboxylic acids is 2. The van der Waals surface area contributed by atoms with Gasteiger partial charge in [-0.3, -0.25) is 9.59 Å². The van der Waals surface area contributed by atoms with Crippen molar-refractivity contribution in [1.29, 1.82) is 0 Å². The van der Waals surface area contributed by atoms with Crippen molar-refractivity contribution in [3.63, 3.8) is 0 Å². The molecule has 128 valence electrons. The molecule has 1 aliphatic carbocycles. The van der Waals surface area contributed by atoms with E-state index in [-0.39, 0.29) is 23.8 Å². The van der Waals surface area contributed by atoms with Crippen molar-refractivity contribution >= 4 is 28.3 Å². The van der Waals surface area contributed by atoms with Gasteiger partial charge in [0.2, 0.25) is 11.8 Å². The monoisotopic (exact) mass is 337 g/mol. The molecule has 1 aliphatic rings. The van der Waals surface area contributed by atoms with Gasteiger partial charge in [-0.05, 0) is 32.1 Å². The second kappa shape index (κ2) is 7.43. The van der Waals surface area contributed by atoms with E-state index in [9.17, 15) is 9.59 Å². The molecule has 1 aromatic heterocycles. The van der Waals surface area contributed by atoms with Gasteiger partial charge >= 0.3 is 0 Å². The minimum Gasteiger partial charge on any atom is -0.340 e. The summed E-state index contributed by atoms with van der Waals surface area (Å²) < 4.78 is 0. The van der Waals surface area contributed by atoms with Crippen LogP contribution in [-0.2, 0) is 16.0 Å². The second-order valence-electron chi connectivity index (χ2n) is 7.08. The maximum absolute atomic E-state index is 12.6. The lowest BCUT2D eigenvalue weighted by Gasteiger charge is -2.26. The lowest BCUT2D eigenvalue weighted by molar-refractivity contribution is -0.132. The third-order valence-electron chi connectivity index (χ3n) is 4.29. The summed E-state index contributed by atoms with van der Waals surface area (Å²) in [5, 5.41) is 5.20. The first-order chi connectivity index (χ1) is 10.8. The number of hydrogen-bond donors (Lipinski definition) is 1. The second-order valence-corrected chi connectivity index (χ2v) is 7.94. The summed E-state index contributed by atoms with van der Waals surface area (Å²) in [4.78, 5) is 30.6. The zero-order valence-corrected chi connectivity index (χ0v) is 15.4. The Morgan fingerprint density at radius 1 is 1.39 bits per heavy atom. The third-order valence-corrected chi connectivity index (χ3v) is 5.10. The molecule has 2 rings (SSSR count). The zero-order chi connectivity index (χ0) is 17.1. The quantitative estimate of drug-likeness (QED) is 0.831. The van der Waals surface area contributed by atoms with E-state index in [1.807, 2.05) is 24.1 Å². The van der Waals surface area contributed by atoms with Gasteiger partial charge in [0.15, 0.2) is 5.13 Å². The molecule has 0 aliphatic heterocycles. The van der Waals surface area contributed by atoms with Crippen molar-refractivity contribution in [2.24, 2.45) is 17.8 Å². The van der Waals surface area contributed by atoms with Crippen LogP contribution < -0.4 is 5.32 Å². The average Bonchev–Trinajstić information content (AvgIpc) is 2.98. The first-order valence-corrected chi connectivity index (χ1v) is 9.20. The Morgan fingerprint density at radius 3 is 2.57 bits per heavy atom.